The van der Waals surface area contributed by atoms with Crippen LogP contribution in [0, 0.1) is 0 Å². The summed E-state index contributed by atoms with van der Waals surface area (Å²) in [5.74, 6) is -0.957. The minimum Gasteiger partial charge on any atom is -0.468 e. The summed E-state index contributed by atoms with van der Waals surface area (Å²) in [5, 5.41) is 0. The summed E-state index contributed by atoms with van der Waals surface area (Å²) in [6.07, 6.45) is 9.13. The lowest BCUT2D eigenvalue weighted by atomic mass is 10.1. The molecule has 2 aromatic carbocycles. The zero-order chi connectivity index (χ0) is 26.8. The Morgan fingerprint density at radius 2 is 1.46 bits per heavy atom. The summed E-state index contributed by atoms with van der Waals surface area (Å²) in [7, 11) is -2.86. The van der Waals surface area contributed by atoms with Crippen molar-refractivity contribution in [1.82, 2.24) is 9.21 Å². The lowest BCUT2D eigenvalue weighted by Gasteiger charge is -2.38. The number of esters is 1. The molecule has 0 bridgehead atoms. The molecule has 0 spiro atoms. The highest BCUT2D eigenvalue weighted by atomic mass is 79.9. The van der Waals surface area contributed by atoms with Crippen molar-refractivity contribution in [3.05, 3.63) is 53.0 Å². The van der Waals surface area contributed by atoms with Gasteiger partial charge in [-0.25, -0.2) is 8.42 Å². The van der Waals surface area contributed by atoms with Crippen LogP contribution in [-0.4, -0.2) is 62.3 Å². The third-order valence-electron chi connectivity index (χ3n) is 6.78. The number of amides is 1. The van der Waals surface area contributed by atoms with Gasteiger partial charge in [-0.3, -0.25) is 9.59 Å². The smallest absolute Gasteiger partial charge is 0.326 e. The SMILES string of the molecule is CCCCCCCCCCN1CC(C(=O)OC)N(S(=O)(=O)c2ccc(-c3ccc(Br)cc3)cc2)CC1=O. The Labute approximate surface area is 229 Å². The molecule has 9 heteroatoms. The molecule has 1 aliphatic rings. The second-order valence-electron chi connectivity index (χ2n) is 9.44. The van der Waals surface area contributed by atoms with Crippen molar-refractivity contribution >= 4 is 37.8 Å². The first-order chi connectivity index (χ1) is 17.8. The minimum absolute atomic E-state index is 0.00177. The number of rotatable bonds is 13. The van der Waals surface area contributed by atoms with Crippen LogP contribution < -0.4 is 0 Å². The second-order valence-corrected chi connectivity index (χ2v) is 12.2. The molecule has 37 heavy (non-hydrogen) atoms. The average Bonchev–Trinajstić information content (AvgIpc) is 2.90. The molecule has 1 unspecified atom stereocenters. The maximum Gasteiger partial charge on any atom is 0.326 e. The van der Waals surface area contributed by atoms with Gasteiger partial charge >= 0.3 is 5.97 Å². The van der Waals surface area contributed by atoms with Gasteiger partial charge in [0.25, 0.3) is 0 Å². The summed E-state index contributed by atoms with van der Waals surface area (Å²) in [5.41, 5.74) is 1.81. The molecule has 0 radical (unpaired) electrons. The Balaban J connectivity index is 1.66. The van der Waals surface area contributed by atoms with Gasteiger partial charge in [-0.1, -0.05) is 92.1 Å². The molecular weight excluding hydrogens is 556 g/mol. The highest BCUT2D eigenvalue weighted by Gasteiger charge is 2.43. The van der Waals surface area contributed by atoms with Gasteiger partial charge in [-0.2, -0.15) is 4.31 Å². The van der Waals surface area contributed by atoms with E-state index in [4.69, 9.17) is 4.74 Å². The zero-order valence-electron chi connectivity index (χ0n) is 21.7. The van der Waals surface area contributed by atoms with Gasteiger partial charge in [0.2, 0.25) is 15.9 Å². The molecule has 1 amide bonds. The Bertz CT molecular complexity index is 1140. The Hall–Kier alpha value is -2.23. The van der Waals surface area contributed by atoms with Crippen LogP contribution in [0.1, 0.15) is 58.3 Å². The summed E-state index contributed by atoms with van der Waals surface area (Å²) < 4.78 is 33.9. The number of benzene rings is 2. The van der Waals surface area contributed by atoms with E-state index in [2.05, 4.69) is 22.9 Å². The van der Waals surface area contributed by atoms with Crippen LogP contribution in [0.4, 0.5) is 0 Å². The van der Waals surface area contributed by atoms with Gasteiger partial charge in [0.05, 0.1) is 18.6 Å². The van der Waals surface area contributed by atoms with E-state index in [9.17, 15) is 18.0 Å². The number of nitrogens with zero attached hydrogens (tertiary/aromatic N) is 2. The number of carbonyl (C=O) groups excluding carboxylic acids is 2. The predicted molar refractivity (Wildman–Crippen MR) is 148 cm³/mol. The third-order valence-corrected chi connectivity index (χ3v) is 9.18. The topological polar surface area (TPSA) is 84.0 Å². The Morgan fingerprint density at radius 3 is 2.03 bits per heavy atom. The fourth-order valence-electron chi connectivity index (χ4n) is 4.58. The molecule has 202 valence electrons. The molecule has 1 atom stereocenters. The lowest BCUT2D eigenvalue weighted by molar-refractivity contribution is -0.151. The van der Waals surface area contributed by atoms with Crippen LogP contribution in [0.5, 0.6) is 0 Å². The van der Waals surface area contributed by atoms with Crippen LogP contribution >= 0.6 is 15.9 Å². The number of piperazine rings is 1. The first kappa shape index (κ1) is 29.3. The summed E-state index contributed by atoms with van der Waals surface area (Å²) in [6.45, 7) is 2.33. The number of halogens is 1. The van der Waals surface area contributed by atoms with Crippen molar-refractivity contribution < 1.29 is 22.7 Å². The maximum absolute atomic E-state index is 13.5. The molecule has 1 aliphatic heterocycles. The van der Waals surface area contributed by atoms with E-state index in [-0.39, 0.29) is 23.9 Å². The molecular formula is C28H37BrN2O5S. The molecule has 1 fully saturated rings. The Morgan fingerprint density at radius 1 is 0.919 bits per heavy atom. The van der Waals surface area contributed by atoms with Crippen LogP contribution in [-0.2, 0) is 24.3 Å². The van der Waals surface area contributed by atoms with Crippen molar-refractivity contribution in [3.63, 3.8) is 0 Å². The number of hydrogen-bond acceptors (Lipinski definition) is 5. The van der Waals surface area contributed by atoms with Crippen LogP contribution in [0.15, 0.2) is 57.9 Å². The van der Waals surface area contributed by atoms with E-state index in [1.54, 1.807) is 17.0 Å². The number of carbonyl (C=O) groups is 2. The second kappa shape index (κ2) is 14.1. The molecule has 3 rings (SSSR count). The standard InChI is InChI=1S/C28H37BrN2O5S/c1-3-4-5-6-7-8-9-10-19-30-20-26(28(33)36-2)31(21-27(30)32)37(34,35)25-17-13-23(14-18-25)22-11-15-24(29)16-12-22/h11-18,26H,3-10,19-21H2,1-2H3. The average molecular weight is 594 g/mol. The van der Waals surface area contributed by atoms with E-state index in [0.717, 1.165) is 39.2 Å². The van der Waals surface area contributed by atoms with Crippen molar-refractivity contribution in [3.8, 4) is 11.1 Å². The van der Waals surface area contributed by atoms with Gasteiger partial charge in [0, 0.05) is 17.6 Å². The van der Waals surface area contributed by atoms with Crippen molar-refractivity contribution in [2.45, 2.75) is 69.2 Å². The number of methoxy groups -OCH3 is 1. The normalized spacial score (nSPS) is 16.7. The lowest BCUT2D eigenvalue weighted by Crippen LogP contribution is -2.60. The van der Waals surface area contributed by atoms with Gasteiger partial charge in [0.1, 0.15) is 6.04 Å². The minimum atomic E-state index is -4.09. The number of unbranched alkanes of at least 4 members (excludes halogenated alkanes) is 7. The van der Waals surface area contributed by atoms with Crippen LogP contribution in [0.2, 0.25) is 0 Å². The fourth-order valence-corrected chi connectivity index (χ4v) is 6.36. The molecule has 7 nitrogen and oxygen atoms in total. The fraction of sp³-hybridized carbons (Fsp3) is 0.500. The summed E-state index contributed by atoms with van der Waals surface area (Å²) in [4.78, 5) is 27.1. The number of hydrogen-bond donors (Lipinski definition) is 0. The van der Waals surface area contributed by atoms with Crippen molar-refractivity contribution in [1.29, 1.82) is 0 Å². The monoisotopic (exact) mass is 592 g/mol. The largest absolute Gasteiger partial charge is 0.468 e. The summed E-state index contributed by atoms with van der Waals surface area (Å²) in [6, 6.07) is 13.1. The third kappa shape index (κ3) is 7.88. The molecule has 0 aliphatic carbocycles. The van der Waals surface area contributed by atoms with E-state index in [1.165, 1.54) is 51.3 Å². The van der Waals surface area contributed by atoms with Gasteiger partial charge in [-0.05, 0) is 41.8 Å². The van der Waals surface area contributed by atoms with E-state index in [1.807, 2.05) is 24.3 Å². The van der Waals surface area contributed by atoms with Gasteiger partial charge in [-0.15, -0.1) is 0 Å². The number of sulfonamides is 1. The first-order valence-electron chi connectivity index (χ1n) is 13.0. The van der Waals surface area contributed by atoms with E-state index >= 15 is 0 Å². The van der Waals surface area contributed by atoms with Gasteiger partial charge < -0.3 is 9.64 Å². The summed E-state index contributed by atoms with van der Waals surface area (Å²) >= 11 is 3.41. The molecule has 1 saturated heterocycles. The first-order valence-corrected chi connectivity index (χ1v) is 15.2. The molecule has 0 aromatic heterocycles. The molecule has 2 aromatic rings. The van der Waals surface area contributed by atoms with Gasteiger partial charge in [0.15, 0.2) is 0 Å². The molecule has 1 heterocycles. The van der Waals surface area contributed by atoms with Crippen LogP contribution in [0.25, 0.3) is 11.1 Å². The molecule has 0 saturated carbocycles. The van der Waals surface area contributed by atoms with Crippen molar-refractivity contribution in [2.24, 2.45) is 0 Å². The quantitative estimate of drug-likeness (QED) is 0.222. The van der Waals surface area contributed by atoms with Crippen LogP contribution in [0.3, 0.4) is 0 Å². The highest BCUT2D eigenvalue weighted by molar-refractivity contribution is 9.10. The zero-order valence-corrected chi connectivity index (χ0v) is 24.1. The Kier molecular flexibility index (Phi) is 11.2. The molecule has 0 N–H and O–H groups in total. The van der Waals surface area contributed by atoms with E-state index < -0.39 is 22.0 Å². The van der Waals surface area contributed by atoms with E-state index in [0.29, 0.717) is 6.54 Å². The predicted octanol–water partition coefficient (Wildman–Crippen LogP) is 5.63. The maximum atomic E-state index is 13.5. The highest BCUT2D eigenvalue weighted by Crippen LogP contribution is 2.27. The number of ether oxygens (including phenoxy) is 1. The van der Waals surface area contributed by atoms with Crippen molar-refractivity contribution in [2.75, 3.05) is 26.7 Å².